The number of piperidine rings is 1. The fraction of sp³-hybridized carbons (Fsp3) is 0.308. The molecule has 3 heterocycles. The minimum atomic E-state index is -0.997. The van der Waals surface area contributed by atoms with E-state index in [-0.39, 0.29) is 22.2 Å². The van der Waals surface area contributed by atoms with Gasteiger partial charge in [0.2, 0.25) is 0 Å². The number of ether oxygens (including phenoxy) is 2. The summed E-state index contributed by atoms with van der Waals surface area (Å²) in [4.78, 5) is 18.8. The summed E-state index contributed by atoms with van der Waals surface area (Å²) < 4.78 is 41.4. The van der Waals surface area contributed by atoms with Crippen LogP contribution in [0.5, 0.6) is 11.5 Å². The first-order valence-electron chi connectivity index (χ1n) is 11.8. The standard InChI is InChI=1S/C26H25ClF2N4O3S/c1-14(16-4-3-5-21(24(16)27)36-15-6-8-32(2)9-7-15)35-22-12-23(37-25(22)26(30)34)33-13-31-19-10-17(28)18(29)11-20(19)33/h3-5,10-15H,6-9H2,1-2H3,(H2,30,34)/t14-/m1/s1. The zero-order valence-corrected chi connectivity index (χ0v) is 21.8. The highest BCUT2D eigenvalue weighted by atomic mass is 35.5. The lowest BCUT2D eigenvalue weighted by atomic mass is 10.1. The van der Waals surface area contributed by atoms with E-state index in [1.165, 1.54) is 6.33 Å². The number of carbonyl (C=O) groups excluding carboxylic acids is 1. The van der Waals surface area contributed by atoms with Crippen LogP contribution in [0.3, 0.4) is 0 Å². The number of halogens is 3. The molecule has 0 bridgehead atoms. The zero-order valence-electron chi connectivity index (χ0n) is 20.2. The molecule has 2 aromatic carbocycles. The van der Waals surface area contributed by atoms with Crippen LogP contribution in [0.15, 0.2) is 42.7 Å². The molecule has 1 aliphatic rings. The number of likely N-dealkylation sites (tertiary alicyclic amines) is 1. The Kier molecular flexibility index (Phi) is 7.06. The van der Waals surface area contributed by atoms with Gasteiger partial charge in [-0.2, -0.15) is 0 Å². The van der Waals surface area contributed by atoms with E-state index in [1.54, 1.807) is 10.6 Å². The second kappa shape index (κ2) is 10.3. The van der Waals surface area contributed by atoms with E-state index in [9.17, 15) is 13.6 Å². The molecule has 2 N–H and O–H groups in total. The van der Waals surface area contributed by atoms with E-state index in [1.807, 2.05) is 25.1 Å². The molecule has 1 amide bonds. The number of nitrogens with two attached hydrogens (primary N) is 1. The number of fused-ring (bicyclic) bond motifs is 1. The first-order chi connectivity index (χ1) is 17.7. The first kappa shape index (κ1) is 25.4. The molecule has 11 heteroatoms. The molecule has 5 rings (SSSR count). The van der Waals surface area contributed by atoms with Crippen molar-refractivity contribution in [2.24, 2.45) is 5.73 Å². The lowest BCUT2D eigenvalue weighted by molar-refractivity contribution is 0.0998. The quantitative estimate of drug-likeness (QED) is 0.320. The average molecular weight is 547 g/mol. The van der Waals surface area contributed by atoms with Gasteiger partial charge in [-0.3, -0.25) is 9.36 Å². The number of hydrogen-bond donors (Lipinski definition) is 1. The molecule has 1 atom stereocenters. The predicted molar refractivity (Wildman–Crippen MR) is 139 cm³/mol. The van der Waals surface area contributed by atoms with Crippen LogP contribution in [-0.4, -0.2) is 46.6 Å². The Hall–Kier alpha value is -3.21. The number of imidazole rings is 1. The Balaban J connectivity index is 1.41. The van der Waals surface area contributed by atoms with Crippen molar-refractivity contribution in [1.29, 1.82) is 0 Å². The normalized spacial score (nSPS) is 15.7. The number of primary amides is 1. The van der Waals surface area contributed by atoms with Gasteiger partial charge in [-0.1, -0.05) is 23.7 Å². The van der Waals surface area contributed by atoms with E-state index in [4.69, 9.17) is 26.8 Å². The van der Waals surface area contributed by atoms with Gasteiger partial charge in [0, 0.05) is 36.9 Å². The molecule has 1 fully saturated rings. The van der Waals surface area contributed by atoms with Crippen LogP contribution in [-0.2, 0) is 0 Å². The van der Waals surface area contributed by atoms with E-state index in [0.29, 0.717) is 26.9 Å². The lowest BCUT2D eigenvalue weighted by Crippen LogP contribution is -2.35. The molecule has 1 saturated heterocycles. The summed E-state index contributed by atoms with van der Waals surface area (Å²) in [5, 5.41) is 0.957. The van der Waals surface area contributed by atoms with Gasteiger partial charge in [-0.25, -0.2) is 13.8 Å². The maximum atomic E-state index is 13.9. The van der Waals surface area contributed by atoms with Crippen molar-refractivity contribution in [3.63, 3.8) is 0 Å². The van der Waals surface area contributed by atoms with Gasteiger partial charge in [-0.05, 0) is 32.9 Å². The summed E-state index contributed by atoms with van der Waals surface area (Å²) in [5.41, 5.74) is 6.94. The second-order valence-electron chi connectivity index (χ2n) is 9.05. The fourth-order valence-electron chi connectivity index (χ4n) is 4.39. The number of thiophene rings is 1. The fourth-order valence-corrected chi connectivity index (χ4v) is 5.64. The Morgan fingerprint density at radius 1 is 1.19 bits per heavy atom. The van der Waals surface area contributed by atoms with Crippen LogP contribution in [0, 0.1) is 11.6 Å². The smallest absolute Gasteiger partial charge is 0.262 e. The summed E-state index contributed by atoms with van der Waals surface area (Å²) >= 11 is 7.78. The van der Waals surface area contributed by atoms with Crippen LogP contribution in [0.25, 0.3) is 16.0 Å². The highest BCUT2D eigenvalue weighted by molar-refractivity contribution is 7.16. The third-order valence-electron chi connectivity index (χ3n) is 6.43. The molecule has 7 nitrogen and oxygen atoms in total. The summed E-state index contributed by atoms with van der Waals surface area (Å²) in [5.74, 6) is -1.82. The summed E-state index contributed by atoms with van der Waals surface area (Å²) in [6.45, 7) is 3.74. The summed E-state index contributed by atoms with van der Waals surface area (Å²) in [6.07, 6.45) is 2.81. The van der Waals surface area contributed by atoms with Gasteiger partial charge in [0.1, 0.15) is 39.9 Å². The van der Waals surface area contributed by atoms with Crippen LogP contribution >= 0.6 is 22.9 Å². The lowest BCUT2D eigenvalue weighted by Gasteiger charge is -2.30. The molecule has 0 unspecified atom stereocenters. The molecule has 37 heavy (non-hydrogen) atoms. The molecular weight excluding hydrogens is 522 g/mol. The number of rotatable bonds is 7. The third-order valence-corrected chi connectivity index (χ3v) is 7.96. The summed E-state index contributed by atoms with van der Waals surface area (Å²) in [7, 11) is 2.09. The van der Waals surface area contributed by atoms with Crippen molar-refractivity contribution < 1.29 is 23.0 Å². The SMILES string of the molecule is C[C@@H](Oc1cc(-n2cnc3cc(F)c(F)cc32)sc1C(N)=O)c1cccc(OC2CCN(C)CC2)c1Cl. The van der Waals surface area contributed by atoms with E-state index >= 15 is 0 Å². The number of amides is 1. The molecule has 2 aromatic heterocycles. The molecule has 0 aliphatic carbocycles. The Morgan fingerprint density at radius 3 is 2.65 bits per heavy atom. The zero-order chi connectivity index (χ0) is 26.3. The van der Waals surface area contributed by atoms with Crippen molar-refractivity contribution in [1.82, 2.24) is 14.5 Å². The monoisotopic (exact) mass is 546 g/mol. The van der Waals surface area contributed by atoms with Crippen LogP contribution in [0.1, 0.15) is 41.1 Å². The van der Waals surface area contributed by atoms with Gasteiger partial charge in [0.15, 0.2) is 11.6 Å². The maximum Gasteiger partial charge on any atom is 0.262 e. The largest absolute Gasteiger partial charge is 0.489 e. The van der Waals surface area contributed by atoms with Gasteiger partial charge in [0.05, 0.1) is 16.1 Å². The van der Waals surface area contributed by atoms with Gasteiger partial charge in [0.25, 0.3) is 5.91 Å². The van der Waals surface area contributed by atoms with E-state index in [0.717, 1.165) is 49.4 Å². The van der Waals surface area contributed by atoms with Crippen molar-refractivity contribution in [2.75, 3.05) is 20.1 Å². The molecule has 0 saturated carbocycles. The average Bonchev–Trinajstić information content (AvgIpc) is 3.46. The number of aromatic nitrogens is 2. The highest BCUT2D eigenvalue weighted by Gasteiger charge is 2.24. The topological polar surface area (TPSA) is 82.6 Å². The Bertz CT molecular complexity index is 1470. The third kappa shape index (κ3) is 5.14. The molecule has 0 radical (unpaired) electrons. The van der Waals surface area contributed by atoms with Crippen LogP contribution < -0.4 is 15.2 Å². The van der Waals surface area contributed by atoms with Gasteiger partial charge < -0.3 is 20.1 Å². The van der Waals surface area contributed by atoms with Gasteiger partial charge >= 0.3 is 0 Å². The van der Waals surface area contributed by atoms with E-state index < -0.39 is 23.6 Å². The van der Waals surface area contributed by atoms with Crippen LogP contribution in [0.2, 0.25) is 5.02 Å². The predicted octanol–water partition coefficient (Wildman–Crippen LogP) is 5.73. The second-order valence-corrected chi connectivity index (χ2v) is 10.5. The first-order valence-corrected chi connectivity index (χ1v) is 13.0. The Labute approximate surface area is 221 Å². The van der Waals surface area contributed by atoms with Gasteiger partial charge in [-0.15, -0.1) is 11.3 Å². The molecular formula is C26H25ClF2N4O3S. The number of benzene rings is 2. The van der Waals surface area contributed by atoms with Crippen LogP contribution in [0.4, 0.5) is 8.78 Å². The number of carbonyl (C=O) groups is 1. The molecule has 194 valence electrons. The molecule has 0 spiro atoms. The number of nitrogens with zero attached hydrogens (tertiary/aromatic N) is 3. The van der Waals surface area contributed by atoms with E-state index in [2.05, 4.69) is 16.9 Å². The van der Waals surface area contributed by atoms with Crippen molar-refractivity contribution in [3.05, 3.63) is 69.8 Å². The van der Waals surface area contributed by atoms with Crippen molar-refractivity contribution in [3.8, 4) is 16.5 Å². The summed E-state index contributed by atoms with van der Waals surface area (Å²) in [6, 6.07) is 9.22. The minimum Gasteiger partial charge on any atom is -0.489 e. The molecule has 1 aliphatic heterocycles. The maximum absolute atomic E-state index is 13.9. The Morgan fingerprint density at radius 2 is 1.92 bits per heavy atom. The van der Waals surface area contributed by atoms with Crippen molar-refractivity contribution >= 4 is 39.9 Å². The number of hydrogen-bond acceptors (Lipinski definition) is 6. The minimum absolute atomic E-state index is 0.0874. The molecule has 4 aromatic rings. The highest BCUT2D eigenvalue weighted by Crippen LogP contribution is 2.39. The van der Waals surface area contributed by atoms with Crippen molar-refractivity contribution in [2.45, 2.75) is 32.0 Å².